The SMILES string of the molecule is CN(C)C(=O)c1ccc(Nc2ccc(-c3ccc4c(c3)OCCO4)nn2)cc1. The van der Waals surface area contributed by atoms with E-state index in [-0.39, 0.29) is 5.91 Å². The van der Waals surface area contributed by atoms with Crippen LogP contribution in [0.1, 0.15) is 10.4 Å². The number of aromatic nitrogens is 2. The summed E-state index contributed by atoms with van der Waals surface area (Å²) in [4.78, 5) is 13.5. The van der Waals surface area contributed by atoms with Gasteiger partial charge in [-0.15, -0.1) is 10.2 Å². The lowest BCUT2D eigenvalue weighted by Gasteiger charge is -2.18. The second kappa shape index (κ2) is 7.56. The smallest absolute Gasteiger partial charge is 0.253 e. The lowest BCUT2D eigenvalue weighted by molar-refractivity contribution is 0.0827. The van der Waals surface area contributed by atoms with Crippen molar-refractivity contribution in [2.45, 2.75) is 0 Å². The minimum Gasteiger partial charge on any atom is -0.486 e. The van der Waals surface area contributed by atoms with Crippen LogP contribution in [0.25, 0.3) is 11.3 Å². The Kier molecular flexibility index (Phi) is 4.80. The van der Waals surface area contributed by atoms with Gasteiger partial charge in [0, 0.05) is 30.9 Å². The van der Waals surface area contributed by atoms with Crippen molar-refractivity contribution in [1.82, 2.24) is 15.1 Å². The van der Waals surface area contributed by atoms with Crippen molar-refractivity contribution in [3.63, 3.8) is 0 Å². The highest BCUT2D eigenvalue weighted by Crippen LogP contribution is 2.34. The van der Waals surface area contributed by atoms with Gasteiger partial charge in [-0.3, -0.25) is 4.79 Å². The van der Waals surface area contributed by atoms with E-state index in [1.165, 1.54) is 0 Å². The third kappa shape index (κ3) is 3.73. The van der Waals surface area contributed by atoms with Gasteiger partial charge in [0.25, 0.3) is 5.91 Å². The van der Waals surface area contributed by atoms with Crippen LogP contribution in [0.4, 0.5) is 11.5 Å². The highest BCUT2D eigenvalue weighted by atomic mass is 16.6. The number of benzene rings is 2. The van der Waals surface area contributed by atoms with E-state index in [1.807, 2.05) is 42.5 Å². The summed E-state index contributed by atoms with van der Waals surface area (Å²) in [6.07, 6.45) is 0. The molecule has 0 aliphatic carbocycles. The van der Waals surface area contributed by atoms with Crippen LogP contribution in [0, 0.1) is 0 Å². The molecule has 2 aromatic carbocycles. The molecule has 7 heteroatoms. The van der Waals surface area contributed by atoms with Gasteiger partial charge in [-0.05, 0) is 54.6 Å². The molecule has 0 unspecified atom stereocenters. The van der Waals surface area contributed by atoms with Gasteiger partial charge >= 0.3 is 0 Å². The zero-order valence-electron chi connectivity index (χ0n) is 15.7. The van der Waals surface area contributed by atoms with Gasteiger partial charge in [0.15, 0.2) is 17.3 Å². The number of hydrogen-bond donors (Lipinski definition) is 1. The van der Waals surface area contributed by atoms with Crippen molar-refractivity contribution in [2.75, 3.05) is 32.6 Å². The van der Waals surface area contributed by atoms with E-state index >= 15 is 0 Å². The van der Waals surface area contributed by atoms with E-state index in [1.54, 1.807) is 31.1 Å². The fourth-order valence-corrected chi connectivity index (χ4v) is 2.86. The van der Waals surface area contributed by atoms with E-state index in [0.717, 1.165) is 28.4 Å². The van der Waals surface area contributed by atoms with Gasteiger partial charge in [-0.1, -0.05) is 0 Å². The summed E-state index contributed by atoms with van der Waals surface area (Å²) in [6.45, 7) is 1.11. The molecule has 4 rings (SSSR count). The van der Waals surface area contributed by atoms with Crippen LogP contribution in [0.15, 0.2) is 54.6 Å². The number of amides is 1. The van der Waals surface area contributed by atoms with Gasteiger partial charge in [0.2, 0.25) is 0 Å². The highest BCUT2D eigenvalue weighted by Gasteiger charge is 2.13. The Labute approximate surface area is 162 Å². The third-order valence-electron chi connectivity index (χ3n) is 4.31. The average Bonchev–Trinajstić information content (AvgIpc) is 2.74. The van der Waals surface area contributed by atoms with Gasteiger partial charge in [0.1, 0.15) is 13.2 Å². The number of ether oxygens (including phenoxy) is 2. The Bertz CT molecular complexity index is 986. The lowest BCUT2D eigenvalue weighted by Crippen LogP contribution is -2.21. The number of carbonyl (C=O) groups excluding carboxylic acids is 1. The zero-order valence-corrected chi connectivity index (χ0v) is 15.7. The molecular weight excluding hydrogens is 356 g/mol. The molecule has 142 valence electrons. The van der Waals surface area contributed by atoms with Gasteiger partial charge in [0.05, 0.1) is 5.69 Å². The largest absolute Gasteiger partial charge is 0.486 e. The molecule has 0 saturated carbocycles. The Morgan fingerprint density at radius 3 is 2.36 bits per heavy atom. The summed E-state index contributed by atoms with van der Waals surface area (Å²) in [5, 5.41) is 11.7. The predicted molar refractivity (Wildman–Crippen MR) is 106 cm³/mol. The number of hydrogen-bond acceptors (Lipinski definition) is 6. The number of nitrogens with zero attached hydrogens (tertiary/aromatic N) is 3. The molecule has 7 nitrogen and oxygen atoms in total. The second-order valence-electron chi connectivity index (χ2n) is 6.56. The van der Waals surface area contributed by atoms with Crippen LogP contribution < -0.4 is 14.8 Å². The quantitative estimate of drug-likeness (QED) is 0.752. The van der Waals surface area contributed by atoms with Crippen molar-refractivity contribution in [1.29, 1.82) is 0 Å². The molecule has 1 amide bonds. The summed E-state index contributed by atoms with van der Waals surface area (Å²) in [7, 11) is 3.46. The number of rotatable bonds is 4. The first-order valence-electron chi connectivity index (χ1n) is 8.93. The molecule has 2 heterocycles. The Morgan fingerprint density at radius 2 is 1.68 bits per heavy atom. The Morgan fingerprint density at radius 1 is 0.929 bits per heavy atom. The maximum absolute atomic E-state index is 11.9. The molecule has 3 aromatic rings. The van der Waals surface area contributed by atoms with Gasteiger partial charge in [-0.2, -0.15) is 0 Å². The monoisotopic (exact) mass is 376 g/mol. The number of nitrogens with one attached hydrogen (secondary N) is 1. The standard InChI is InChI=1S/C21H20N4O3/c1-25(2)21(26)14-3-6-16(7-4-14)22-20-10-8-17(23-24-20)15-5-9-18-19(13-15)28-12-11-27-18/h3-10,13H,11-12H2,1-2H3,(H,22,24). The molecule has 0 bridgehead atoms. The van der Waals surface area contributed by atoms with Crippen LogP contribution in [0.3, 0.4) is 0 Å². The first-order chi connectivity index (χ1) is 13.6. The maximum Gasteiger partial charge on any atom is 0.253 e. The minimum absolute atomic E-state index is 0.0323. The molecular formula is C21H20N4O3. The first-order valence-corrected chi connectivity index (χ1v) is 8.93. The van der Waals surface area contributed by atoms with Crippen LogP contribution in [0.5, 0.6) is 11.5 Å². The summed E-state index contributed by atoms with van der Waals surface area (Å²) in [6, 6.07) is 16.7. The number of anilines is 2. The molecule has 1 aliphatic rings. The third-order valence-corrected chi connectivity index (χ3v) is 4.31. The van der Waals surface area contributed by atoms with E-state index in [9.17, 15) is 4.79 Å². The molecule has 1 aliphatic heterocycles. The van der Waals surface area contributed by atoms with Crippen molar-refractivity contribution in [3.05, 3.63) is 60.2 Å². The molecule has 0 fully saturated rings. The van der Waals surface area contributed by atoms with Crippen LogP contribution in [0.2, 0.25) is 0 Å². The van der Waals surface area contributed by atoms with Crippen LogP contribution in [-0.2, 0) is 0 Å². The normalized spacial score (nSPS) is 12.4. The van der Waals surface area contributed by atoms with Crippen molar-refractivity contribution < 1.29 is 14.3 Å². The summed E-state index contributed by atoms with van der Waals surface area (Å²) >= 11 is 0. The van der Waals surface area contributed by atoms with Crippen LogP contribution >= 0.6 is 0 Å². The molecule has 28 heavy (non-hydrogen) atoms. The molecule has 0 spiro atoms. The molecule has 1 aromatic heterocycles. The predicted octanol–water partition coefficient (Wildman–Crippen LogP) is 3.36. The van der Waals surface area contributed by atoms with E-state index in [4.69, 9.17) is 9.47 Å². The highest BCUT2D eigenvalue weighted by molar-refractivity contribution is 5.94. The second-order valence-corrected chi connectivity index (χ2v) is 6.56. The van der Waals surface area contributed by atoms with Crippen LogP contribution in [-0.4, -0.2) is 48.3 Å². The van der Waals surface area contributed by atoms with Crippen molar-refractivity contribution in [2.24, 2.45) is 0 Å². The average molecular weight is 376 g/mol. The van der Waals surface area contributed by atoms with Gasteiger partial charge < -0.3 is 19.7 Å². The summed E-state index contributed by atoms with van der Waals surface area (Å²) in [5.41, 5.74) is 3.12. The van der Waals surface area contributed by atoms with E-state index < -0.39 is 0 Å². The summed E-state index contributed by atoms with van der Waals surface area (Å²) in [5.74, 6) is 2.06. The maximum atomic E-state index is 11.9. The fraction of sp³-hybridized carbons (Fsp3) is 0.190. The Balaban J connectivity index is 1.47. The van der Waals surface area contributed by atoms with Crippen molar-refractivity contribution in [3.8, 4) is 22.8 Å². The minimum atomic E-state index is -0.0323. The number of carbonyl (C=O) groups is 1. The van der Waals surface area contributed by atoms with E-state index in [0.29, 0.717) is 24.6 Å². The summed E-state index contributed by atoms with van der Waals surface area (Å²) < 4.78 is 11.2. The fourth-order valence-electron chi connectivity index (χ4n) is 2.86. The van der Waals surface area contributed by atoms with Crippen molar-refractivity contribution >= 4 is 17.4 Å². The zero-order chi connectivity index (χ0) is 19.5. The molecule has 0 saturated heterocycles. The first kappa shape index (κ1) is 17.8. The topological polar surface area (TPSA) is 76.6 Å². The molecule has 0 radical (unpaired) electrons. The molecule has 0 atom stereocenters. The Hall–Kier alpha value is -3.61. The van der Waals surface area contributed by atoms with Gasteiger partial charge in [-0.25, -0.2) is 0 Å². The lowest BCUT2D eigenvalue weighted by atomic mass is 10.1. The van der Waals surface area contributed by atoms with E-state index in [2.05, 4.69) is 15.5 Å². The number of fused-ring (bicyclic) bond motifs is 1. The molecule has 1 N–H and O–H groups in total.